The first kappa shape index (κ1) is 12.4. The van der Waals surface area contributed by atoms with Gasteiger partial charge in [0, 0.05) is 13.0 Å². The molecule has 3 N–H and O–H groups in total. The minimum Gasteiger partial charge on any atom is -0.337 e. The fourth-order valence-corrected chi connectivity index (χ4v) is 1.56. The largest absolute Gasteiger partial charge is 0.337 e. The molecule has 0 aliphatic carbocycles. The molecule has 0 radical (unpaired) electrons. The lowest BCUT2D eigenvalue weighted by molar-refractivity contribution is 0.252. The Labute approximate surface area is 109 Å². The summed E-state index contributed by atoms with van der Waals surface area (Å²) in [5.41, 5.74) is 0.580. The Morgan fingerprint density at radius 2 is 2.22 bits per heavy atom. The number of hydrogen-bond acceptors (Lipinski definition) is 3. The van der Waals surface area contributed by atoms with E-state index < -0.39 is 0 Å². The summed E-state index contributed by atoms with van der Waals surface area (Å²) in [6.45, 7) is 0.464. The van der Waals surface area contributed by atoms with Crippen molar-refractivity contribution in [3.63, 3.8) is 0 Å². The summed E-state index contributed by atoms with van der Waals surface area (Å²) in [4.78, 5) is 15.5. The molecule has 0 aliphatic rings. The first-order valence-corrected chi connectivity index (χ1v) is 5.77. The van der Waals surface area contributed by atoms with E-state index in [0.717, 1.165) is 5.82 Å². The van der Waals surface area contributed by atoms with Crippen molar-refractivity contribution >= 4 is 23.3 Å². The molecule has 18 heavy (non-hydrogen) atoms. The van der Waals surface area contributed by atoms with E-state index >= 15 is 0 Å². The number of nitrogens with zero attached hydrogens (tertiary/aromatic N) is 2. The maximum atomic E-state index is 11.6. The van der Waals surface area contributed by atoms with Gasteiger partial charge in [-0.1, -0.05) is 23.7 Å². The molecular weight excluding hydrogens is 254 g/mol. The summed E-state index contributed by atoms with van der Waals surface area (Å²) in [6, 6.07) is 6.75. The number of anilines is 1. The molecule has 2 aromatic rings. The molecule has 2 amide bonds. The number of H-pyrrole nitrogens is 1. The number of para-hydroxylation sites is 1. The Kier molecular flexibility index (Phi) is 4.14. The molecule has 94 valence electrons. The quantitative estimate of drug-likeness (QED) is 0.789. The van der Waals surface area contributed by atoms with Crippen LogP contribution in [0.25, 0.3) is 0 Å². The lowest BCUT2D eigenvalue weighted by atomic mass is 10.3. The summed E-state index contributed by atoms with van der Waals surface area (Å²) in [7, 11) is 0. The minimum absolute atomic E-state index is 0.303. The van der Waals surface area contributed by atoms with Crippen LogP contribution in [0, 0.1) is 0 Å². The van der Waals surface area contributed by atoms with Crippen LogP contribution in [0.15, 0.2) is 30.6 Å². The van der Waals surface area contributed by atoms with E-state index in [0.29, 0.717) is 23.7 Å². The lowest BCUT2D eigenvalue weighted by Gasteiger charge is -2.07. The van der Waals surface area contributed by atoms with Crippen molar-refractivity contribution in [3.8, 4) is 0 Å². The van der Waals surface area contributed by atoms with E-state index in [1.807, 2.05) is 0 Å². The predicted molar refractivity (Wildman–Crippen MR) is 68.6 cm³/mol. The molecule has 0 atom stereocenters. The van der Waals surface area contributed by atoms with E-state index in [9.17, 15) is 4.79 Å². The zero-order valence-electron chi connectivity index (χ0n) is 9.48. The molecule has 0 spiro atoms. The highest BCUT2D eigenvalue weighted by Crippen LogP contribution is 2.19. The highest BCUT2D eigenvalue weighted by molar-refractivity contribution is 6.33. The summed E-state index contributed by atoms with van der Waals surface area (Å²) in [5, 5.41) is 12.3. The second kappa shape index (κ2) is 6.02. The fourth-order valence-electron chi connectivity index (χ4n) is 1.37. The van der Waals surface area contributed by atoms with Gasteiger partial charge in [0.05, 0.1) is 10.7 Å². The van der Waals surface area contributed by atoms with Crippen molar-refractivity contribution < 1.29 is 4.79 Å². The normalized spacial score (nSPS) is 10.1. The third-order valence-electron chi connectivity index (χ3n) is 2.23. The molecule has 0 saturated heterocycles. The number of hydrogen-bond donors (Lipinski definition) is 3. The number of carbonyl (C=O) groups is 1. The molecule has 1 heterocycles. The molecule has 1 aromatic carbocycles. The van der Waals surface area contributed by atoms with Crippen molar-refractivity contribution in [1.82, 2.24) is 20.5 Å². The van der Waals surface area contributed by atoms with Crippen molar-refractivity contribution in [2.45, 2.75) is 6.42 Å². The minimum atomic E-state index is -0.303. The molecule has 0 aliphatic heterocycles. The first-order chi connectivity index (χ1) is 8.75. The summed E-state index contributed by atoms with van der Waals surface area (Å²) in [6.07, 6.45) is 2.02. The fraction of sp³-hybridized carbons (Fsp3) is 0.182. The smallest absolute Gasteiger partial charge is 0.319 e. The van der Waals surface area contributed by atoms with Gasteiger partial charge in [0.1, 0.15) is 12.2 Å². The van der Waals surface area contributed by atoms with E-state index in [4.69, 9.17) is 11.6 Å². The van der Waals surface area contributed by atoms with E-state index in [-0.39, 0.29) is 6.03 Å². The molecule has 2 rings (SSSR count). The number of nitrogens with one attached hydrogen (secondary N) is 3. The van der Waals surface area contributed by atoms with Crippen LogP contribution in [-0.2, 0) is 6.42 Å². The third-order valence-corrected chi connectivity index (χ3v) is 2.56. The number of benzene rings is 1. The third kappa shape index (κ3) is 3.46. The molecular formula is C11H12ClN5O. The van der Waals surface area contributed by atoms with Gasteiger partial charge in [0.25, 0.3) is 0 Å². The zero-order valence-corrected chi connectivity index (χ0v) is 10.2. The standard InChI is InChI=1S/C11H12ClN5O/c12-8-3-1-2-4-9(8)16-11(18)13-6-5-10-14-7-15-17-10/h1-4,7H,5-6H2,(H2,13,16,18)(H,14,15,17). The highest BCUT2D eigenvalue weighted by atomic mass is 35.5. The van der Waals surface area contributed by atoms with Gasteiger partial charge in [-0.3, -0.25) is 5.10 Å². The van der Waals surface area contributed by atoms with Crippen LogP contribution in [0.4, 0.5) is 10.5 Å². The Bertz CT molecular complexity index is 514. The maximum absolute atomic E-state index is 11.6. The summed E-state index contributed by atoms with van der Waals surface area (Å²) >= 11 is 5.92. The van der Waals surface area contributed by atoms with Gasteiger partial charge in [-0.15, -0.1) is 0 Å². The van der Waals surface area contributed by atoms with Crippen molar-refractivity contribution in [2.75, 3.05) is 11.9 Å². The van der Waals surface area contributed by atoms with Crippen LogP contribution >= 0.6 is 11.6 Å². The van der Waals surface area contributed by atoms with Gasteiger partial charge in [0.2, 0.25) is 0 Å². The average molecular weight is 266 g/mol. The van der Waals surface area contributed by atoms with Crippen LogP contribution < -0.4 is 10.6 Å². The van der Waals surface area contributed by atoms with E-state index in [2.05, 4.69) is 25.8 Å². The van der Waals surface area contributed by atoms with Crippen LogP contribution in [0.1, 0.15) is 5.82 Å². The Morgan fingerprint density at radius 1 is 1.39 bits per heavy atom. The van der Waals surface area contributed by atoms with Crippen molar-refractivity contribution in [3.05, 3.63) is 41.4 Å². The first-order valence-electron chi connectivity index (χ1n) is 5.39. The summed E-state index contributed by atoms with van der Waals surface area (Å²) < 4.78 is 0. The summed E-state index contributed by atoms with van der Waals surface area (Å²) in [5.74, 6) is 0.730. The molecule has 0 fully saturated rings. The number of urea groups is 1. The lowest BCUT2D eigenvalue weighted by Crippen LogP contribution is -2.30. The predicted octanol–water partition coefficient (Wildman–Crippen LogP) is 1.82. The SMILES string of the molecule is O=C(NCCc1ncn[nH]1)Nc1ccccc1Cl. The molecule has 7 heteroatoms. The molecule has 0 bridgehead atoms. The van der Waals surface area contributed by atoms with Crippen molar-refractivity contribution in [1.29, 1.82) is 0 Å². The number of rotatable bonds is 4. The molecule has 0 saturated carbocycles. The number of aromatic amines is 1. The molecule has 0 unspecified atom stereocenters. The van der Waals surface area contributed by atoms with Crippen molar-refractivity contribution in [2.24, 2.45) is 0 Å². The van der Waals surface area contributed by atoms with Crippen LogP contribution in [0.5, 0.6) is 0 Å². The van der Waals surface area contributed by atoms with Crippen LogP contribution in [-0.4, -0.2) is 27.8 Å². The Balaban J connectivity index is 1.77. The second-order valence-corrected chi connectivity index (χ2v) is 3.95. The van der Waals surface area contributed by atoms with Gasteiger partial charge in [-0.05, 0) is 12.1 Å². The number of carbonyl (C=O) groups excluding carboxylic acids is 1. The number of halogens is 1. The van der Waals surface area contributed by atoms with E-state index in [1.165, 1.54) is 6.33 Å². The maximum Gasteiger partial charge on any atom is 0.319 e. The van der Waals surface area contributed by atoms with Gasteiger partial charge < -0.3 is 10.6 Å². The Hall–Kier alpha value is -2.08. The van der Waals surface area contributed by atoms with Gasteiger partial charge >= 0.3 is 6.03 Å². The van der Waals surface area contributed by atoms with Gasteiger partial charge in [0.15, 0.2) is 0 Å². The van der Waals surface area contributed by atoms with Crippen LogP contribution in [0.2, 0.25) is 5.02 Å². The average Bonchev–Trinajstić information content (AvgIpc) is 2.85. The molecule has 1 aromatic heterocycles. The van der Waals surface area contributed by atoms with Gasteiger partial charge in [-0.25, -0.2) is 9.78 Å². The highest BCUT2D eigenvalue weighted by Gasteiger charge is 2.04. The van der Waals surface area contributed by atoms with Crippen LogP contribution in [0.3, 0.4) is 0 Å². The monoisotopic (exact) mass is 265 g/mol. The molecule has 6 nitrogen and oxygen atoms in total. The zero-order chi connectivity index (χ0) is 12.8. The topological polar surface area (TPSA) is 82.7 Å². The Morgan fingerprint density at radius 3 is 2.94 bits per heavy atom. The number of amides is 2. The number of aromatic nitrogens is 3. The second-order valence-electron chi connectivity index (χ2n) is 3.54. The van der Waals surface area contributed by atoms with E-state index in [1.54, 1.807) is 24.3 Å². The van der Waals surface area contributed by atoms with Gasteiger partial charge in [-0.2, -0.15) is 5.10 Å².